The molecule has 1 N–H and O–H groups in total. The minimum absolute atomic E-state index is 0.102. The van der Waals surface area contributed by atoms with E-state index < -0.39 is 0 Å². The third kappa shape index (κ3) is 4.22. The molecule has 0 saturated carbocycles. The van der Waals surface area contributed by atoms with Gasteiger partial charge in [-0.3, -0.25) is 0 Å². The summed E-state index contributed by atoms with van der Waals surface area (Å²) in [5.41, 5.74) is 0.797. The van der Waals surface area contributed by atoms with Crippen molar-refractivity contribution in [3.8, 4) is 0 Å². The highest BCUT2D eigenvalue weighted by Crippen LogP contribution is 2.17. The van der Waals surface area contributed by atoms with E-state index in [1.54, 1.807) is 6.07 Å². The first-order valence-electron chi connectivity index (χ1n) is 5.84. The molecule has 0 aromatic heterocycles. The highest BCUT2D eigenvalue weighted by atomic mass is 79.9. The molecule has 16 heavy (non-hydrogen) atoms. The maximum Gasteiger partial charge on any atom is 0.126 e. The third-order valence-electron chi connectivity index (χ3n) is 2.76. The van der Waals surface area contributed by atoms with E-state index in [4.69, 9.17) is 0 Å². The quantitative estimate of drug-likeness (QED) is 0.837. The van der Waals surface area contributed by atoms with Crippen molar-refractivity contribution in [1.29, 1.82) is 0 Å². The summed E-state index contributed by atoms with van der Waals surface area (Å²) in [5.74, 6) is -0.102. The maximum atomic E-state index is 13.5. The van der Waals surface area contributed by atoms with Crippen LogP contribution in [0.2, 0.25) is 0 Å². The maximum absolute atomic E-state index is 13.5. The number of halogens is 2. The number of rotatable bonds is 6. The van der Waals surface area contributed by atoms with Gasteiger partial charge in [0.25, 0.3) is 0 Å². The van der Waals surface area contributed by atoms with Crippen molar-refractivity contribution in [3.63, 3.8) is 0 Å². The van der Waals surface area contributed by atoms with E-state index >= 15 is 0 Å². The van der Waals surface area contributed by atoms with Gasteiger partial charge in [0.15, 0.2) is 0 Å². The van der Waals surface area contributed by atoms with Crippen molar-refractivity contribution in [2.75, 3.05) is 6.54 Å². The lowest BCUT2D eigenvalue weighted by Gasteiger charge is -2.15. The first kappa shape index (κ1) is 13.7. The Bertz CT molecular complexity index is 328. The minimum Gasteiger partial charge on any atom is -0.314 e. The Balaban J connectivity index is 2.55. The van der Waals surface area contributed by atoms with Crippen LogP contribution in [0.1, 0.15) is 32.3 Å². The third-order valence-corrected chi connectivity index (χ3v) is 3.25. The second kappa shape index (κ2) is 7.02. The molecule has 0 aliphatic heterocycles. The van der Waals surface area contributed by atoms with Gasteiger partial charge >= 0.3 is 0 Å². The number of benzene rings is 1. The molecule has 1 rings (SSSR count). The van der Waals surface area contributed by atoms with Gasteiger partial charge in [-0.25, -0.2) is 4.39 Å². The average Bonchev–Trinajstić information content (AvgIpc) is 2.28. The molecule has 1 nitrogen and oxygen atoms in total. The molecule has 90 valence electrons. The van der Waals surface area contributed by atoms with Crippen molar-refractivity contribution in [2.45, 2.75) is 39.2 Å². The van der Waals surface area contributed by atoms with Gasteiger partial charge in [-0.05, 0) is 49.6 Å². The van der Waals surface area contributed by atoms with Gasteiger partial charge in [0.05, 0.1) is 0 Å². The van der Waals surface area contributed by atoms with Crippen LogP contribution in [0.25, 0.3) is 0 Å². The van der Waals surface area contributed by atoms with E-state index in [0.29, 0.717) is 6.04 Å². The summed E-state index contributed by atoms with van der Waals surface area (Å²) in [4.78, 5) is 0. The van der Waals surface area contributed by atoms with Crippen LogP contribution in [0.15, 0.2) is 22.7 Å². The van der Waals surface area contributed by atoms with E-state index in [-0.39, 0.29) is 5.82 Å². The molecule has 3 heteroatoms. The summed E-state index contributed by atoms with van der Waals surface area (Å²) in [7, 11) is 0. The Hall–Kier alpha value is -0.410. The Morgan fingerprint density at radius 3 is 2.75 bits per heavy atom. The van der Waals surface area contributed by atoms with Crippen LogP contribution in [-0.2, 0) is 6.42 Å². The van der Waals surface area contributed by atoms with E-state index in [2.05, 4.69) is 35.1 Å². The molecule has 0 saturated heterocycles. The Labute approximate surface area is 106 Å². The first-order valence-corrected chi connectivity index (χ1v) is 6.64. The fraction of sp³-hybridized carbons (Fsp3) is 0.538. The lowest BCUT2D eigenvalue weighted by atomic mass is 10.0. The first-order chi connectivity index (χ1) is 7.67. The van der Waals surface area contributed by atoms with Crippen molar-refractivity contribution < 1.29 is 4.39 Å². The van der Waals surface area contributed by atoms with Gasteiger partial charge in [0.1, 0.15) is 5.82 Å². The SMILES string of the molecule is CCNC(CC)CCc1cc(Br)ccc1F. The molecule has 1 aromatic rings. The van der Waals surface area contributed by atoms with Crippen LogP contribution in [0.4, 0.5) is 4.39 Å². The van der Waals surface area contributed by atoms with E-state index in [0.717, 1.165) is 35.8 Å². The second-order valence-electron chi connectivity index (χ2n) is 3.94. The molecule has 1 unspecified atom stereocenters. The molecule has 0 spiro atoms. The molecule has 0 aliphatic rings. The van der Waals surface area contributed by atoms with Gasteiger partial charge < -0.3 is 5.32 Å². The number of hydrogen-bond donors (Lipinski definition) is 1. The zero-order chi connectivity index (χ0) is 12.0. The van der Waals surface area contributed by atoms with Gasteiger partial charge in [-0.15, -0.1) is 0 Å². The predicted octanol–water partition coefficient (Wildman–Crippen LogP) is 3.91. The van der Waals surface area contributed by atoms with Crippen LogP contribution < -0.4 is 5.32 Å². The molecule has 0 aliphatic carbocycles. The standard InChI is InChI=1S/C13H19BrFN/c1-3-12(16-4-2)7-5-10-9-11(14)6-8-13(10)15/h6,8-9,12,16H,3-5,7H2,1-2H3. The van der Waals surface area contributed by atoms with Gasteiger partial charge in [-0.2, -0.15) is 0 Å². The zero-order valence-corrected chi connectivity index (χ0v) is 11.5. The number of hydrogen-bond acceptors (Lipinski definition) is 1. The molecule has 0 bridgehead atoms. The number of aryl methyl sites for hydroxylation is 1. The highest BCUT2D eigenvalue weighted by Gasteiger charge is 2.07. The largest absolute Gasteiger partial charge is 0.314 e. The zero-order valence-electron chi connectivity index (χ0n) is 9.89. The normalized spacial score (nSPS) is 12.8. The molecule has 1 atom stereocenters. The Kier molecular flexibility index (Phi) is 5.99. The summed E-state index contributed by atoms with van der Waals surface area (Å²) < 4.78 is 14.4. The lowest BCUT2D eigenvalue weighted by Crippen LogP contribution is -2.28. The van der Waals surface area contributed by atoms with Crippen molar-refractivity contribution in [2.24, 2.45) is 0 Å². The summed E-state index contributed by atoms with van der Waals surface area (Å²) in [6, 6.07) is 5.62. The molecular formula is C13H19BrFN. The molecule has 1 aromatic carbocycles. The van der Waals surface area contributed by atoms with E-state index in [1.165, 1.54) is 6.07 Å². The molecular weight excluding hydrogens is 269 g/mol. The fourth-order valence-electron chi connectivity index (χ4n) is 1.80. The van der Waals surface area contributed by atoms with Crippen molar-refractivity contribution in [1.82, 2.24) is 5.32 Å². The summed E-state index contributed by atoms with van der Waals surface area (Å²) in [5, 5.41) is 3.40. The molecule has 0 amide bonds. The Morgan fingerprint density at radius 1 is 1.38 bits per heavy atom. The van der Waals surface area contributed by atoms with E-state index in [1.807, 2.05) is 6.07 Å². The van der Waals surface area contributed by atoms with Gasteiger partial charge in [0, 0.05) is 10.5 Å². The van der Waals surface area contributed by atoms with Crippen LogP contribution in [0, 0.1) is 5.82 Å². The molecule has 0 heterocycles. The minimum atomic E-state index is -0.102. The van der Waals surface area contributed by atoms with Crippen LogP contribution in [-0.4, -0.2) is 12.6 Å². The predicted molar refractivity (Wildman–Crippen MR) is 70.2 cm³/mol. The van der Waals surface area contributed by atoms with Crippen LogP contribution in [0.5, 0.6) is 0 Å². The highest BCUT2D eigenvalue weighted by molar-refractivity contribution is 9.10. The van der Waals surface area contributed by atoms with Gasteiger partial charge in [0.2, 0.25) is 0 Å². The summed E-state index contributed by atoms with van der Waals surface area (Å²) >= 11 is 3.37. The Morgan fingerprint density at radius 2 is 2.12 bits per heavy atom. The second-order valence-corrected chi connectivity index (χ2v) is 4.85. The number of nitrogens with one attached hydrogen (secondary N) is 1. The summed E-state index contributed by atoms with van der Waals surface area (Å²) in [6.07, 6.45) is 2.86. The summed E-state index contributed by atoms with van der Waals surface area (Å²) in [6.45, 7) is 5.23. The topological polar surface area (TPSA) is 12.0 Å². The average molecular weight is 288 g/mol. The van der Waals surface area contributed by atoms with Crippen molar-refractivity contribution in [3.05, 3.63) is 34.1 Å². The van der Waals surface area contributed by atoms with E-state index in [9.17, 15) is 4.39 Å². The fourth-order valence-corrected chi connectivity index (χ4v) is 2.21. The van der Waals surface area contributed by atoms with Crippen LogP contribution >= 0.6 is 15.9 Å². The monoisotopic (exact) mass is 287 g/mol. The van der Waals surface area contributed by atoms with Gasteiger partial charge in [-0.1, -0.05) is 29.8 Å². The molecule has 0 radical (unpaired) electrons. The van der Waals surface area contributed by atoms with Crippen molar-refractivity contribution >= 4 is 15.9 Å². The molecule has 0 fully saturated rings. The van der Waals surface area contributed by atoms with Crippen LogP contribution in [0.3, 0.4) is 0 Å². The smallest absolute Gasteiger partial charge is 0.126 e. The lowest BCUT2D eigenvalue weighted by molar-refractivity contribution is 0.475.